The lowest BCUT2D eigenvalue weighted by Gasteiger charge is -2.49. The number of rotatable bonds is 4. The molecule has 3 aromatic carbocycles. The van der Waals surface area contributed by atoms with Crippen LogP contribution in [0.15, 0.2) is 82.0 Å². The molecule has 1 unspecified atom stereocenters. The molecule has 0 N–H and O–H groups in total. The molecule has 0 saturated heterocycles. The van der Waals surface area contributed by atoms with Crippen molar-refractivity contribution in [3.05, 3.63) is 111 Å². The standard InChI is InChI=1S/C32H26ClNO5/c1-31(2)17-32(3,19-11-13-20(33)14-12-19)24-9-6-8-21-22(29(36)34(31)27(21)24)16-25(35)23-15-18-7-5-10-26(38-4)28(18)39-30(23)37/h5-16H,17H2,1-4H3. The van der Waals surface area contributed by atoms with Gasteiger partial charge in [-0.15, -0.1) is 0 Å². The Bertz CT molecular complexity index is 1780. The van der Waals surface area contributed by atoms with Crippen LogP contribution < -0.4 is 15.3 Å². The van der Waals surface area contributed by atoms with Gasteiger partial charge in [-0.25, -0.2) is 4.79 Å². The van der Waals surface area contributed by atoms with E-state index in [1.807, 2.05) is 56.3 Å². The maximum atomic E-state index is 13.9. The molecule has 1 aromatic heterocycles. The number of hydrogen-bond acceptors (Lipinski definition) is 5. The highest BCUT2D eigenvalue weighted by atomic mass is 35.5. The summed E-state index contributed by atoms with van der Waals surface area (Å²) in [5.74, 6) is -0.456. The normalized spacial score (nSPS) is 20.4. The van der Waals surface area contributed by atoms with Crippen molar-refractivity contribution >= 4 is 45.5 Å². The van der Waals surface area contributed by atoms with Crippen molar-refractivity contribution in [2.75, 3.05) is 12.0 Å². The Labute approximate surface area is 230 Å². The van der Waals surface area contributed by atoms with Crippen molar-refractivity contribution in [1.29, 1.82) is 0 Å². The number of benzene rings is 3. The molecular formula is C32H26ClNO5. The summed E-state index contributed by atoms with van der Waals surface area (Å²) in [5.41, 5.74) is 2.21. The maximum Gasteiger partial charge on any atom is 0.347 e. The molecule has 0 aliphatic carbocycles. The van der Waals surface area contributed by atoms with Crippen LogP contribution in [0.4, 0.5) is 5.69 Å². The average Bonchev–Trinajstić information content (AvgIpc) is 3.19. The lowest BCUT2D eigenvalue weighted by atomic mass is 9.65. The molecule has 2 aliphatic rings. The number of ketones is 1. The molecule has 0 fully saturated rings. The summed E-state index contributed by atoms with van der Waals surface area (Å²) in [6.07, 6.45) is 1.94. The van der Waals surface area contributed by atoms with Crippen LogP contribution in [-0.2, 0) is 10.2 Å². The fourth-order valence-corrected chi connectivity index (χ4v) is 6.40. The van der Waals surface area contributed by atoms with E-state index in [4.69, 9.17) is 20.8 Å². The largest absolute Gasteiger partial charge is 0.493 e. The monoisotopic (exact) mass is 539 g/mol. The summed E-state index contributed by atoms with van der Waals surface area (Å²) in [7, 11) is 1.48. The van der Waals surface area contributed by atoms with E-state index in [1.54, 1.807) is 23.1 Å². The summed E-state index contributed by atoms with van der Waals surface area (Å²) in [6, 6.07) is 20.3. The Morgan fingerprint density at radius 3 is 2.46 bits per heavy atom. The van der Waals surface area contributed by atoms with E-state index in [1.165, 1.54) is 19.3 Å². The fraction of sp³-hybridized carbons (Fsp3) is 0.219. The first-order valence-electron chi connectivity index (χ1n) is 12.7. The van der Waals surface area contributed by atoms with Crippen molar-refractivity contribution in [1.82, 2.24) is 0 Å². The van der Waals surface area contributed by atoms with Crippen molar-refractivity contribution in [2.24, 2.45) is 0 Å². The van der Waals surface area contributed by atoms with Gasteiger partial charge in [-0.2, -0.15) is 0 Å². The van der Waals surface area contributed by atoms with Gasteiger partial charge in [0.05, 0.1) is 18.4 Å². The SMILES string of the molecule is COc1cccc2cc(C(=O)C=C3C(=O)N4c5c3cccc5C(C)(c3ccc(Cl)cc3)CC4(C)C)c(=O)oc12. The first-order valence-corrected chi connectivity index (χ1v) is 13.0. The van der Waals surface area contributed by atoms with Crippen LogP contribution >= 0.6 is 11.6 Å². The Kier molecular flexibility index (Phi) is 5.59. The predicted octanol–water partition coefficient (Wildman–Crippen LogP) is 6.56. The van der Waals surface area contributed by atoms with Crippen LogP contribution in [0, 0.1) is 0 Å². The molecule has 0 bridgehead atoms. The van der Waals surface area contributed by atoms with Gasteiger partial charge in [-0.3, -0.25) is 9.59 Å². The summed E-state index contributed by atoms with van der Waals surface area (Å²) in [6.45, 7) is 6.25. The first-order chi connectivity index (χ1) is 18.5. The molecule has 39 heavy (non-hydrogen) atoms. The van der Waals surface area contributed by atoms with E-state index in [2.05, 4.69) is 6.92 Å². The molecule has 6 nitrogen and oxygen atoms in total. The minimum atomic E-state index is -0.787. The van der Waals surface area contributed by atoms with Crippen LogP contribution in [0.1, 0.15) is 54.2 Å². The van der Waals surface area contributed by atoms with E-state index >= 15 is 0 Å². The van der Waals surface area contributed by atoms with Gasteiger partial charge in [0.2, 0.25) is 0 Å². The number of carbonyl (C=O) groups is 2. The molecule has 7 heteroatoms. The summed E-state index contributed by atoms with van der Waals surface area (Å²) >= 11 is 6.18. The molecule has 4 aromatic rings. The zero-order valence-electron chi connectivity index (χ0n) is 22.0. The van der Waals surface area contributed by atoms with Crippen molar-refractivity contribution < 1.29 is 18.7 Å². The predicted molar refractivity (Wildman–Crippen MR) is 152 cm³/mol. The Balaban J connectivity index is 1.50. The van der Waals surface area contributed by atoms with E-state index in [0.29, 0.717) is 28.1 Å². The van der Waals surface area contributed by atoms with Crippen molar-refractivity contribution in [2.45, 2.75) is 38.1 Å². The molecular weight excluding hydrogens is 514 g/mol. The number of fused-ring (bicyclic) bond motifs is 1. The Morgan fingerprint density at radius 1 is 1.03 bits per heavy atom. The number of hydrogen-bond donors (Lipinski definition) is 0. The smallest absolute Gasteiger partial charge is 0.347 e. The maximum absolute atomic E-state index is 13.9. The quantitative estimate of drug-likeness (QED) is 0.167. The molecule has 3 heterocycles. The minimum absolute atomic E-state index is 0.146. The number of carbonyl (C=O) groups excluding carboxylic acids is 2. The second kappa shape index (κ2) is 8.68. The first kappa shape index (κ1) is 25.1. The minimum Gasteiger partial charge on any atom is -0.493 e. The molecule has 0 saturated carbocycles. The number of ether oxygens (including phenoxy) is 1. The van der Waals surface area contributed by atoms with Gasteiger partial charge in [-0.1, -0.05) is 61.0 Å². The van der Waals surface area contributed by atoms with Crippen LogP contribution in [0.25, 0.3) is 16.5 Å². The number of nitrogens with zero attached hydrogens (tertiary/aromatic N) is 1. The van der Waals surface area contributed by atoms with Gasteiger partial charge in [0, 0.05) is 26.9 Å². The summed E-state index contributed by atoms with van der Waals surface area (Å²) in [4.78, 5) is 42.0. The lowest BCUT2D eigenvalue weighted by molar-refractivity contribution is -0.114. The average molecular weight is 540 g/mol. The number of amides is 1. The van der Waals surface area contributed by atoms with Crippen LogP contribution in [0.2, 0.25) is 5.02 Å². The number of anilines is 1. The second-order valence-corrected chi connectivity index (χ2v) is 11.4. The van der Waals surface area contributed by atoms with Gasteiger partial charge in [0.15, 0.2) is 17.1 Å². The van der Waals surface area contributed by atoms with Gasteiger partial charge in [-0.05, 0) is 61.7 Å². The van der Waals surface area contributed by atoms with Gasteiger partial charge in [0.1, 0.15) is 5.56 Å². The Hall–Kier alpha value is -4.16. The molecule has 2 aliphatic heterocycles. The molecule has 1 amide bonds. The topological polar surface area (TPSA) is 76.8 Å². The van der Waals surface area contributed by atoms with Gasteiger partial charge in [0.25, 0.3) is 5.91 Å². The third-order valence-electron chi connectivity index (χ3n) is 7.94. The van der Waals surface area contributed by atoms with E-state index in [0.717, 1.165) is 16.8 Å². The summed E-state index contributed by atoms with van der Waals surface area (Å²) in [5, 5.41) is 1.21. The third-order valence-corrected chi connectivity index (χ3v) is 8.19. The second-order valence-electron chi connectivity index (χ2n) is 10.9. The summed E-state index contributed by atoms with van der Waals surface area (Å²) < 4.78 is 10.7. The fourth-order valence-electron chi connectivity index (χ4n) is 6.28. The van der Waals surface area contributed by atoms with E-state index in [-0.39, 0.29) is 22.6 Å². The van der Waals surface area contributed by atoms with E-state index in [9.17, 15) is 14.4 Å². The molecule has 1 atom stereocenters. The zero-order chi connectivity index (χ0) is 27.7. The van der Waals surface area contributed by atoms with Crippen LogP contribution in [0.5, 0.6) is 5.75 Å². The van der Waals surface area contributed by atoms with Gasteiger partial charge >= 0.3 is 5.63 Å². The third kappa shape index (κ3) is 3.73. The lowest BCUT2D eigenvalue weighted by Crippen LogP contribution is -2.54. The molecule has 6 rings (SSSR count). The highest BCUT2D eigenvalue weighted by Crippen LogP contribution is 2.56. The highest BCUT2D eigenvalue weighted by molar-refractivity contribution is 6.37. The number of para-hydroxylation sites is 2. The van der Waals surface area contributed by atoms with Crippen LogP contribution in [0.3, 0.4) is 0 Å². The molecule has 0 spiro atoms. The number of allylic oxidation sites excluding steroid dienone is 1. The number of halogens is 1. The van der Waals surface area contributed by atoms with E-state index < -0.39 is 22.4 Å². The molecule has 0 radical (unpaired) electrons. The van der Waals surface area contributed by atoms with Crippen molar-refractivity contribution in [3.63, 3.8) is 0 Å². The Morgan fingerprint density at radius 2 is 1.74 bits per heavy atom. The van der Waals surface area contributed by atoms with Crippen LogP contribution in [-0.4, -0.2) is 24.3 Å². The van der Waals surface area contributed by atoms with Gasteiger partial charge < -0.3 is 14.1 Å². The highest BCUT2D eigenvalue weighted by Gasteiger charge is 2.52. The number of methoxy groups -OCH3 is 1. The molecule has 196 valence electrons. The zero-order valence-corrected chi connectivity index (χ0v) is 22.8. The van der Waals surface area contributed by atoms with Crippen molar-refractivity contribution in [3.8, 4) is 5.75 Å².